The molecule has 2 aliphatic heterocycles. The Hall–Kier alpha value is -0.850. The second-order valence-corrected chi connectivity index (χ2v) is 7.62. The highest BCUT2D eigenvalue weighted by atomic mass is 35.5. The van der Waals surface area contributed by atoms with E-state index in [4.69, 9.17) is 10.5 Å². The Morgan fingerprint density at radius 3 is 2.33 bits per heavy atom. The van der Waals surface area contributed by atoms with Gasteiger partial charge in [0, 0.05) is 25.4 Å². The molecule has 0 aliphatic carbocycles. The molecule has 154 valence electrons. The first-order valence-electron chi connectivity index (χ1n) is 9.57. The summed E-state index contributed by atoms with van der Waals surface area (Å²) in [6, 6.07) is 7.72. The number of halogens is 2. The molecule has 2 heterocycles. The Kier molecular flexibility index (Phi) is 10.6. The van der Waals surface area contributed by atoms with Gasteiger partial charge in [-0.25, -0.2) is 0 Å². The van der Waals surface area contributed by atoms with Gasteiger partial charge in [-0.3, -0.25) is 9.69 Å². The highest BCUT2D eigenvalue weighted by molar-refractivity contribution is 5.94. The lowest BCUT2D eigenvalue weighted by atomic mass is 9.92. The first kappa shape index (κ1) is 24.2. The predicted octanol–water partition coefficient (Wildman–Crippen LogP) is 3.45. The number of ether oxygens (including phenoxy) is 1. The van der Waals surface area contributed by atoms with Crippen LogP contribution < -0.4 is 11.1 Å². The Morgan fingerprint density at radius 1 is 1.15 bits per heavy atom. The van der Waals surface area contributed by atoms with Crippen molar-refractivity contribution in [3.63, 3.8) is 0 Å². The molecule has 2 aliphatic rings. The molecule has 1 aromatic carbocycles. The Labute approximate surface area is 175 Å². The van der Waals surface area contributed by atoms with Crippen molar-refractivity contribution in [2.75, 3.05) is 31.6 Å². The van der Waals surface area contributed by atoms with Gasteiger partial charge in [0.2, 0.25) is 5.91 Å². The average Bonchev–Trinajstić information content (AvgIpc) is 2.65. The molecule has 2 saturated heterocycles. The topological polar surface area (TPSA) is 67.6 Å². The smallest absolute Gasteiger partial charge is 0.241 e. The molecule has 0 bridgehead atoms. The van der Waals surface area contributed by atoms with Crippen LogP contribution in [0.2, 0.25) is 0 Å². The molecule has 1 aromatic rings. The van der Waals surface area contributed by atoms with E-state index in [2.05, 4.69) is 29.3 Å². The number of carbonyl (C=O) groups is 1. The quantitative estimate of drug-likeness (QED) is 0.769. The van der Waals surface area contributed by atoms with E-state index in [9.17, 15) is 4.79 Å². The molecule has 0 radical (unpaired) electrons. The summed E-state index contributed by atoms with van der Waals surface area (Å²) in [4.78, 5) is 14.9. The summed E-state index contributed by atoms with van der Waals surface area (Å²) < 4.78 is 5.34. The number of hydrogen-bond donors (Lipinski definition) is 2. The second-order valence-electron chi connectivity index (χ2n) is 7.62. The number of benzene rings is 1. The fraction of sp³-hybridized carbons (Fsp3) is 0.650. The molecule has 0 spiro atoms. The number of nitrogens with zero attached hydrogens (tertiary/aromatic N) is 1. The molecular formula is C20H33Cl2N3O2. The largest absolute Gasteiger partial charge is 0.381 e. The van der Waals surface area contributed by atoms with Gasteiger partial charge in [-0.1, -0.05) is 19.1 Å². The zero-order valence-electron chi connectivity index (χ0n) is 16.1. The van der Waals surface area contributed by atoms with Crippen LogP contribution >= 0.6 is 24.8 Å². The number of nitrogens with one attached hydrogen (secondary N) is 1. The number of carbonyl (C=O) groups excluding carboxylic acids is 1. The minimum Gasteiger partial charge on any atom is -0.381 e. The summed E-state index contributed by atoms with van der Waals surface area (Å²) in [5.74, 6) is 0.980. The molecule has 3 rings (SSSR count). The van der Waals surface area contributed by atoms with Crippen LogP contribution in [0.3, 0.4) is 0 Å². The van der Waals surface area contributed by atoms with Crippen LogP contribution in [0.15, 0.2) is 24.3 Å². The summed E-state index contributed by atoms with van der Waals surface area (Å²) in [6.45, 7) is 7.09. The van der Waals surface area contributed by atoms with Crippen LogP contribution in [-0.4, -0.2) is 43.2 Å². The van der Waals surface area contributed by atoms with E-state index in [0.717, 1.165) is 31.0 Å². The molecule has 0 saturated carbocycles. The normalized spacial score (nSPS) is 20.2. The molecule has 0 aromatic heterocycles. The lowest BCUT2D eigenvalue weighted by Crippen LogP contribution is -2.44. The van der Waals surface area contributed by atoms with E-state index in [1.807, 2.05) is 12.1 Å². The van der Waals surface area contributed by atoms with Gasteiger partial charge in [-0.15, -0.1) is 24.8 Å². The molecule has 1 atom stereocenters. The van der Waals surface area contributed by atoms with Crippen molar-refractivity contribution in [1.29, 1.82) is 0 Å². The van der Waals surface area contributed by atoms with Crippen molar-refractivity contribution >= 4 is 36.4 Å². The fourth-order valence-corrected chi connectivity index (χ4v) is 3.69. The van der Waals surface area contributed by atoms with Gasteiger partial charge < -0.3 is 15.8 Å². The second kappa shape index (κ2) is 11.9. The van der Waals surface area contributed by atoms with Crippen LogP contribution in [0.1, 0.15) is 38.2 Å². The van der Waals surface area contributed by atoms with Crippen LogP contribution in [-0.2, 0) is 16.1 Å². The van der Waals surface area contributed by atoms with E-state index in [1.165, 1.54) is 31.5 Å². The number of rotatable bonds is 5. The van der Waals surface area contributed by atoms with Crippen molar-refractivity contribution in [3.8, 4) is 0 Å². The third-order valence-corrected chi connectivity index (χ3v) is 5.58. The number of anilines is 1. The van der Waals surface area contributed by atoms with Crippen LogP contribution in [0, 0.1) is 11.8 Å². The van der Waals surface area contributed by atoms with Gasteiger partial charge in [0.25, 0.3) is 0 Å². The lowest BCUT2D eigenvalue weighted by Gasteiger charge is -2.30. The monoisotopic (exact) mass is 417 g/mol. The summed E-state index contributed by atoms with van der Waals surface area (Å²) in [5.41, 5.74) is 8.25. The SMILES string of the molecule is CC1CCN(Cc2ccc(NC(=O)C(N)C3CCOCC3)cc2)CC1.Cl.Cl. The first-order valence-corrected chi connectivity index (χ1v) is 9.57. The third-order valence-electron chi connectivity index (χ3n) is 5.58. The van der Waals surface area contributed by atoms with Gasteiger partial charge in [-0.05, 0) is 68.3 Å². The van der Waals surface area contributed by atoms with Crippen molar-refractivity contribution in [1.82, 2.24) is 4.90 Å². The number of nitrogens with two attached hydrogens (primary N) is 1. The van der Waals surface area contributed by atoms with Gasteiger partial charge in [0.15, 0.2) is 0 Å². The van der Waals surface area contributed by atoms with Crippen molar-refractivity contribution in [3.05, 3.63) is 29.8 Å². The summed E-state index contributed by atoms with van der Waals surface area (Å²) in [6.07, 6.45) is 4.31. The highest BCUT2D eigenvalue weighted by Crippen LogP contribution is 2.21. The molecule has 1 unspecified atom stereocenters. The molecule has 5 nitrogen and oxygen atoms in total. The Morgan fingerprint density at radius 2 is 1.74 bits per heavy atom. The van der Waals surface area contributed by atoms with E-state index in [1.54, 1.807) is 0 Å². The van der Waals surface area contributed by atoms with Crippen molar-refractivity contribution in [2.24, 2.45) is 17.6 Å². The number of likely N-dealkylation sites (tertiary alicyclic amines) is 1. The summed E-state index contributed by atoms with van der Waals surface area (Å²) in [7, 11) is 0. The maximum Gasteiger partial charge on any atom is 0.241 e. The highest BCUT2D eigenvalue weighted by Gasteiger charge is 2.26. The molecular weight excluding hydrogens is 385 g/mol. The maximum atomic E-state index is 12.4. The van der Waals surface area contributed by atoms with E-state index in [0.29, 0.717) is 13.2 Å². The third kappa shape index (κ3) is 7.24. The van der Waals surface area contributed by atoms with Gasteiger partial charge in [0.05, 0.1) is 6.04 Å². The summed E-state index contributed by atoms with van der Waals surface area (Å²) >= 11 is 0. The zero-order valence-corrected chi connectivity index (χ0v) is 17.7. The first-order chi connectivity index (χ1) is 12.1. The maximum absolute atomic E-state index is 12.4. The minimum atomic E-state index is -0.459. The Balaban J connectivity index is 0.00000182. The summed E-state index contributed by atoms with van der Waals surface area (Å²) in [5, 5.41) is 2.96. The van der Waals surface area contributed by atoms with E-state index in [-0.39, 0.29) is 36.6 Å². The Bertz CT molecular complexity index is 557. The molecule has 3 N–H and O–H groups in total. The van der Waals surface area contributed by atoms with Gasteiger partial charge >= 0.3 is 0 Å². The molecule has 2 fully saturated rings. The van der Waals surface area contributed by atoms with E-state index < -0.39 is 6.04 Å². The fourth-order valence-electron chi connectivity index (χ4n) is 3.69. The predicted molar refractivity (Wildman–Crippen MR) is 115 cm³/mol. The standard InChI is InChI=1S/C20H31N3O2.2ClH/c1-15-6-10-23(11-7-15)14-16-2-4-18(5-3-16)22-20(24)19(21)17-8-12-25-13-9-17;;/h2-5,15,17,19H,6-14,21H2,1H3,(H,22,24);2*1H. The van der Waals surface area contributed by atoms with Crippen molar-refractivity contribution in [2.45, 2.75) is 45.2 Å². The van der Waals surface area contributed by atoms with Crippen LogP contribution in [0.4, 0.5) is 5.69 Å². The zero-order chi connectivity index (χ0) is 17.6. The molecule has 7 heteroatoms. The van der Waals surface area contributed by atoms with Gasteiger partial charge in [0.1, 0.15) is 0 Å². The number of piperidine rings is 1. The molecule has 27 heavy (non-hydrogen) atoms. The number of hydrogen-bond acceptors (Lipinski definition) is 4. The minimum absolute atomic E-state index is 0. The van der Waals surface area contributed by atoms with E-state index >= 15 is 0 Å². The number of amides is 1. The average molecular weight is 418 g/mol. The van der Waals surface area contributed by atoms with Gasteiger partial charge in [-0.2, -0.15) is 0 Å². The van der Waals surface area contributed by atoms with Crippen LogP contribution in [0.5, 0.6) is 0 Å². The molecule has 1 amide bonds. The van der Waals surface area contributed by atoms with Crippen LogP contribution in [0.25, 0.3) is 0 Å². The van der Waals surface area contributed by atoms with Crippen molar-refractivity contribution < 1.29 is 9.53 Å². The lowest BCUT2D eigenvalue weighted by molar-refractivity contribution is -0.119.